The molecule has 27 heavy (non-hydrogen) atoms. The number of amides is 2. The fourth-order valence-electron chi connectivity index (χ4n) is 2.55. The molecule has 0 spiro atoms. The van der Waals surface area contributed by atoms with Crippen LogP contribution in [0.25, 0.3) is 0 Å². The van der Waals surface area contributed by atoms with Crippen molar-refractivity contribution in [3.63, 3.8) is 0 Å². The Morgan fingerprint density at radius 1 is 1.07 bits per heavy atom. The summed E-state index contributed by atoms with van der Waals surface area (Å²) in [7, 11) is 0. The monoisotopic (exact) mass is 408 g/mol. The van der Waals surface area contributed by atoms with Crippen molar-refractivity contribution >= 4 is 40.7 Å². The third-order valence-electron chi connectivity index (χ3n) is 3.88. The molecule has 2 aromatic carbocycles. The van der Waals surface area contributed by atoms with Gasteiger partial charge in [-0.2, -0.15) is 0 Å². The maximum Gasteiger partial charge on any atom is 0.258 e. The molecular formula is C20H22Cl2N2O3. The first-order valence-electron chi connectivity index (χ1n) is 8.51. The molecule has 2 aromatic rings. The first-order chi connectivity index (χ1) is 12.8. The molecule has 0 fully saturated rings. The Hall–Kier alpha value is -2.24. The molecule has 2 amide bonds. The van der Waals surface area contributed by atoms with Crippen LogP contribution in [0, 0.1) is 6.92 Å². The number of hydrogen-bond acceptors (Lipinski definition) is 3. The predicted molar refractivity (Wildman–Crippen MR) is 109 cm³/mol. The van der Waals surface area contributed by atoms with Crippen LogP contribution in [0.4, 0.5) is 5.69 Å². The number of aryl methyl sites for hydroxylation is 1. The summed E-state index contributed by atoms with van der Waals surface area (Å²) in [5.74, 6) is 0.230. The summed E-state index contributed by atoms with van der Waals surface area (Å²) in [5, 5.41) is 5.91. The van der Waals surface area contributed by atoms with Gasteiger partial charge in [-0.25, -0.2) is 0 Å². The van der Waals surface area contributed by atoms with E-state index in [0.29, 0.717) is 27.4 Å². The number of ether oxygens (including phenoxy) is 1. The molecule has 0 heterocycles. The molecule has 0 aliphatic heterocycles. The Balaban J connectivity index is 1.80. The Labute approximate surface area is 169 Å². The van der Waals surface area contributed by atoms with Crippen molar-refractivity contribution in [2.45, 2.75) is 26.7 Å². The zero-order valence-corrected chi connectivity index (χ0v) is 16.9. The van der Waals surface area contributed by atoms with E-state index in [9.17, 15) is 9.59 Å². The van der Waals surface area contributed by atoms with Crippen LogP contribution in [0.15, 0.2) is 36.4 Å². The van der Waals surface area contributed by atoms with Crippen LogP contribution in [0.3, 0.4) is 0 Å². The average Bonchev–Trinajstić information content (AvgIpc) is 2.61. The van der Waals surface area contributed by atoms with Crippen LogP contribution in [0.2, 0.25) is 10.0 Å². The van der Waals surface area contributed by atoms with Crippen LogP contribution < -0.4 is 15.4 Å². The number of halogens is 2. The van der Waals surface area contributed by atoms with E-state index in [1.54, 1.807) is 12.1 Å². The SMILES string of the molecule is Cc1cc(OCC(=O)NCC(=O)Nc2cc(Cl)ccc2Cl)ccc1C(C)C. The van der Waals surface area contributed by atoms with Gasteiger partial charge >= 0.3 is 0 Å². The summed E-state index contributed by atoms with van der Waals surface area (Å²) in [5.41, 5.74) is 2.74. The maximum absolute atomic E-state index is 11.9. The highest BCUT2D eigenvalue weighted by Gasteiger charge is 2.10. The first-order valence-corrected chi connectivity index (χ1v) is 9.27. The van der Waals surface area contributed by atoms with Crippen LogP contribution in [0.5, 0.6) is 5.75 Å². The minimum atomic E-state index is -0.412. The van der Waals surface area contributed by atoms with Gasteiger partial charge in [-0.05, 0) is 54.3 Å². The maximum atomic E-state index is 11.9. The third-order valence-corrected chi connectivity index (χ3v) is 4.45. The molecule has 0 saturated heterocycles. The standard InChI is InChI=1S/C20H22Cl2N2O3/c1-12(2)16-6-5-15(8-13(16)3)27-11-20(26)23-10-19(25)24-18-9-14(21)4-7-17(18)22/h4-9,12H,10-11H2,1-3H3,(H,23,26)(H,24,25). The van der Waals surface area contributed by atoms with Crippen LogP contribution in [-0.2, 0) is 9.59 Å². The van der Waals surface area contributed by atoms with Crippen molar-refractivity contribution in [3.8, 4) is 5.75 Å². The van der Waals surface area contributed by atoms with Crippen molar-refractivity contribution in [1.29, 1.82) is 0 Å². The van der Waals surface area contributed by atoms with Crippen LogP contribution >= 0.6 is 23.2 Å². The second kappa shape index (κ2) is 9.62. The summed E-state index contributed by atoms with van der Waals surface area (Å²) in [6.45, 7) is 5.88. The quantitative estimate of drug-likeness (QED) is 0.705. The van der Waals surface area contributed by atoms with Gasteiger partial charge in [0.1, 0.15) is 5.75 Å². The molecule has 0 unspecified atom stereocenters. The fraction of sp³-hybridized carbons (Fsp3) is 0.300. The van der Waals surface area contributed by atoms with E-state index < -0.39 is 11.8 Å². The highest BCUT2D eigenvalue weighted by Crippen LogP contribution is 2.25. The number of rotatable bonds is 7. The minimum Gasteiger partial charge on any atom is -0.484 e. The lowest BCUT2D eigenvalue weighted by Gasteiger charge is -2.12. The molecule has 2 rings (SSSR count). The Morgan fingerprint density at radius 3 is 2.48 bits per heavy atom. The van der Waals surface area contributed by atoms with Gasteiger partial charge in [0.25, 0.3) is 5.91 Å². The summed E-state index contributed by atoms with van der Waals surface area (Å²) < 4.78 is 5.49. The van der Waals surface area contributed by atoms with Gasteiger partial charge in [-0.3, -0.25) is 9.59 Å². The van der Waals surface area contributed by atoms with Crippen LogP contribution in [0.1, 0.15) is 30.9 Å². The third kappa shape index (κ3) is 6.45. The van der Waals surface area contributed by atoms with E-state index in [-0.39, 0.29) is 13.2 Å². The van der Waals surface area contributed by atoms with E-state index in [2.05, 4.69) is 24.5 Å². The van der Waals surface area contributed by atoms with Gasteiger partial charge in [0, 0.05) is 5.02 Å². The fourth-order valence-corrected chi connectivity index (χ4v) is 2.89. The molecule has 0 atom stereocenters. The molecule has 5 nitrogen and oxygen atoms in total. The number of carbonyl (C=O) groups excluding carboxylic acids is 2. The average molecular weight is 409 g/mol. The lowest BCUT2D eigenvalue weighted by atomic mass is 9.98. The van der Waals surface area contributed by atoms with E-state index in [1.165, 1.54) is 11.6 Å². The second-order valence-electron chi connectivity index (χ2n) is 6.41. The van der Waals surface area contributed by atoms with E-state index in [4.69, 9.17) is 27.9 Å². The lowest BCUT2D eigenvalue weighted by Crippen LogP contribution is -2.35. The normalized spacial score (nSPS) is 10.6. The number of carbonyl (C=O) groups is 2. The summed E-state index contributed by atoms with van der Waals surface area (Å²) >= 11 is 11.9. The number of benzene rings is 2. The molecule has 0 aliphatic carbocycles. The number of anilines is 1. The Morgan fingerprint density at radius 2 is 1.81 bits per heavy atom. The summed E-state index contributed by atoms with van der Waals surface area (Å²) in [6, 6.07) is 10.5. The molecule has 0 aliphatic rings. The van der Waals surface area contributed by atoms with Gasteiger partial charge in [0.15, 0.2) is 6.61 Å². The largest absolute Gasteiger partial charge is 0.484 e. The van der Waals surface area contributed by atoms with Gasteiger partial charge in [0.2, 0.25) is 5.91 Å². The van der Waals surface area contributed by atoms with Crippen molar-refractivity contribution in [2.75, 3.05) is 18.5 Å². The van der Waals surface area contributed by atoms with Gasteiger partial charge in [0.05, 0.1) is 17.3 Å². The van der Waals surface area contributed by atoms with Crippen molar-refractivity contribution in [1.82, 2.24) is 5.32 Å². The van der Waals surface area contributed by atoms with Gasteiger partial charge in [-0.1, -0.05) is 43.1 Å². The molecule has 0 radical (unpaired) electrons. The molecule has 0 bridgehead atoms. The van der Waals surface area contributed by atoms with Crippen molar-refractivity contribution in [2.24, 2.45) is 0 Å². The van der Waals surface area contributed by atoms with E-state index >= 15 is 0 Å². The zero-order valence-electron chi connectivity index (χ0n) is 15.4. The highest BCUT2D eigenvalue weighted by atomic mass is 35.5. The minimum absolute atomic E-state index is 0.175. The van der Waals surface area contributed by atoms with Crippen LogP contribution in [-0.4, -0.2) is 25.0 Å². The smallest absolute Gasteiger partial charge is 0.258 e. The van der Waals surface area contributed by atoms with Crippen molar-refractivity contribution < 1.29 is 14.3 Å². The van der Waals surface area contributed by atoms with Gasteiger partial charge < -0.3 is 15.4 Å². The predicted octanol–water partition coefficient (Wildman–Crippen LogP) is 4.56. The number of nitrogens with one attached hydrogen (secondary N) is 2. The molecular weight excluding hydrogens is 387 g/mol. The molecule has 0 aromatic heterocycles. The summed E-state index contributed by atoms with van der Waals surface area (Å²) in [6.07, 6.45) is 0. The Kier molecular flexibility index (Phi) is 7.51. The number of hydrogen-bond donors (Lipinski definition) is 2. The molecule has 144 valence electrons. The first kappa shape index (κ1) is 21.1. The van der Waals surface area contributed by atoms with E-state index in [1.807, 2.05) is 25.1 Å². The molecule has 2 N–H and O–H groups in total. The molecule has 7 heteroatoms. The highest BCUT2D eigenvalue weighted by molar-refractivity contribution is 6.35. The lowest BCUT2D eigenvalue weighted by molar-refractivity contribution is -0.125. The van der Waals surface area contributed by atoms with Gasteiger partial charge in [-0.15, -0.1) is 0 Å². The molecule has 0 saturated carbocycles. The zero-order chi connectivity index (χ0) is 20.0. The topological polar surface area (TPSA) is 67.4 Å². The summed E-state index contributed by atoms with van der Waals surface area (Å²) in [4.78, 5) is 23.8. The van der Waals surface area contributed by atoms with E-state index in [0.717, 1.165) is 5.56 Å². The second-order valence-corrected chi connectivity index (χ2v) is 7.25. The van der Waals surface area contributed by atoms with Crippen molar-refractivity contribution in [3.05, 3.63) is 57.6 Å². The Bertz CT molecular complexity index is 838.